The van der Waals surface area contributed by atoms with E-state index in [4.69, 9.17) is 0 Å². The number of nitrogens with zero attached hydrogens (tertiary/aromatic N) is 2. The van der Waals surface area contributed by atoms with Crippen molar-refractivity contribution < 1.29 is 8.78 Å². The first kappa shape index (κ1) is 14.2. The molecule has 2 nitrogen and oxygen atoms in total. The van der Waals surface area contributed by atoms with Gasteiger partial charge in [-0.3, -0.25) is 0 Å². The molecule has 0 bridgehead atoms. The first-order valence-corrected chi connectivity index (χ1v) is 7.42. The van der Waals surface area contributed by atoms with Gasteiger partial charge in [-0.05, 0) is 52.9 Å². The molecule has 1 heterocycles. The maximum Gasteiger partial charge on any atom is 0.140 e. The molecule has 0 aliphatic heterocycles. The van der Waals surface area contributed by atoms with Crippen molar-refractivity contribution in [2.24, 2.45) is 0 Å². The van der Waals surface area contributed by atoms with Gasteiger partial charge in [0.25, 0.3) is 0 Å². The van der Waals surface area contributed by atoms with E-state index in [1.165, 1.54) is 6.07 Å². The van der Waals surface area contributed by atoms with Crippen LogP contribution in [0.5, 0.6) is 0 Å². The van der Waals surface area contributed by atoms with Gasteiger partial charge in [-0.15, -0.1) is 0 Å². The van der Waals surface area contributed by atoms with Crippen LogP contribution in [0.25, 0.3) is 11.4 Å². The fraction of sp³-hybridized carbons (Fsp3) is 0.0625. The van der Waals surface area contributed by atoms with Crippen molar-refractivity contribution in [3.63, 3.8) is 0 Å². The summed E-state index contributed by atoms with van der Waals surface area (Å²) in [5, 5.41) is 0. The average molecular weight is 396 g/mol. The fourth-order valence-electron chi connectivity index (χ4n) is 2.17. The van der Waals surface area contributed by atoms with Crippen LogP contribution in [-0.2, 0) is 6.54 Å². The third-order valence-electron chi connectivity index (χ3n) is 3.15. The summed E-state index contributed by atoms with van der Waals surface area (Å²) < 4.78 is 29.9. The van der Waals surface area contributed by atoms with Crippen molar-refractivity contribution in [1.29, 1.82) is 0 Å². The van der Waals surface area contributed by atoms with E-state index >= 15 is 0 Å². The molecule has 0 fully saturated rings. The van der Waals surface area contributed by atoms with Gasteiger partial charge in [-0.1, -0.05) is 12.1 Å². The van der Waals surface area contributed by atoms with Crippen LogP contribution in [-0.4, -0.2) is 9.55 Å². The molecule has 3 rings (SSSR count). The molecule has 1 aromatic heterocycles. The number of halogens is 3. The van der Waals surface area contributed by atoms with Crippen molar-refractivity contribution >= 4 is 22.6 Å². The monoisotopic (exact) mass is 396 g/mol. The molecule has 0 radical (unpaired) electrons. The molecule has 0 amide bonds. The second-order valence-corrected chi connectivity index (χ2v) is 5.87. The molecular weight excluding hydrogens is 385 g/mol. The highest BCUT2D eigenvalue weighted by Gasteiger charge is 2.10. The van der Waals surface area contributed by atoms with E-state index in [0.717, 1.165) is 27.1 Å². The van der Waals surface area contributed by atoms with Crippen LogP contribution in [0.1, 0.15) is 5.56 Å². The van der Waals surface area contributed by atoms with E-state index in [1.807, 2.05) is 28.8 Å². The van der Waals surface area contributed by atoms with E-state index in [9.17, 15) is 8.78 Å². The normalized spacial score (nSPS) is 10.8. The second-order valence-electron chi connectivity index (χ2n) is 4.62. The summed E-state index contributed by atoms with van der Waals surface area (Å²) >= 11 is 2.23. The van der Waals surface area contributed by atoms with Gasteiger partial charge in [-0.2, -0.15) is 0 Å². The molecular formula is C16H11F2IN2. The van der Waals surface area contributed by atoms with Gasteiger partial charge in [-0.25, -0.2) is 13.8 Å². The fourth-order valence-corrected chi connectivity index (χ4v) is 2.72. The van der Waals surface area contributed by atoms with Gasteiger partial charge in [0.05, 0.1) is 6.54 Å². The molecule has 0 spiro atoms. The molecule has 106 valence electrons. The standard InChI is InChI=1S/C16H11F2IN2/c17-13-4-5-15(18)12(8-13)10-21-7-6-20-16(21)11-2-1-3-14(19)9-11/h1-9H,10H2. The molecule has 2 aromatic carbocycles. The van der Waals surface area contributed by atoms with Crippen LogP contribution in [0, 0.1) is 15.2 Å². The van der Waals surface area contributed by atoms with Gasteiger partial charge < -0.3 is 4.57 Å². The molecule has 0 unspecified atom stereocenters. The number of hydrogen-bond acceptors (Lipinski definition) is 1. The second kappa shape index (κ2) is 5.93. The summed E-state index contributed by atoms with van der Waals surface area (Å²) in [7, 11) is 0. The van der Waals surface area contributed by atoms with Crippen molar-refractivity contribution in [1.82, 2.24) is 9.55 Å². The molecule has 0 N–H and O–H groups in total. The van der Waals surface area contributed by atoms with Gasteiger partial charge in [0.1, 0.15) is 17.5 Å². The Morgan fingerprint density at radius 3 is 2.76 bits per heavy atom. The molecule has 0 atom stereocenters. The summed E-state index contributed by atoms with van der Waals surface area (Å²) in [6.07, 6.45) is 3.42. The lowest BCUT2D eigenvalue weighted by atomic mass is 10.2. The summed E-state index contributed by atoms with van der Waals surface area (Å²) in [5.41, 5.74) is 1.25. The van der Waals surface area contributed by atoms with Gasteiger partial charge >= 0.3 is 0 Å². The van der Waals surface area contributed by atoms with Crippen LogP contribution in [0.2, 0.25) is 0 Å². The van der Waals surface area contributed by atoms with Crippen LogP contribution in [0.15, 0.2) is 54.9 Å². The topological polar surface area (TPSA) is 17.8 Å². The van der Waals surface area contributed by atoms with E-state index in [-0.39, 0.29) is 6.54 Å². The Labute approximate surface area is 134 Å². The number of hydrogen-bond donors (Lipinski definition) is 0. The Hall–Kier alpha value is -1.76. The smallest absolute Gasteiger partial charge is 0.140 e. The molecule has 0 aliphatic carbocycles. The van der Waals surface area contributed by atoms with Crippen molar-refractivity contribution in [2.45, 2.75) is 6.54 Å². The number of aromatic nitrogens is 2. The molecule has 0 saturated heterocycles. The van der Waals surface area contributed by atoms with Gasteiger partial charge in [0, 0.05) is 27.1 Å². The lowest BCUT2D eigenvalue weighted by Gasteiger charge is -2.09. The third-order valence-corrected chi connectivity index (χ3v) is 3.82. The summed E-state index contributed by atoms with van der Waals surface area (Å²) in [5.74, 6) is -0.127. The van der Waals surface area contributed by atoms with E-state index < -0.39 is 11.6 Å². The van der Waals surface area contributed by atoms with Crippen LogP contribution in [0.3, 0.4) is 0 Å². The van der Waals surface area contributed by atoms with Crippen molar-refractivity contribution in [3.8, 4) is 11.4 Å². The van der Waals surface area contributed by atoms with Crippen LogP contribution in [0.4, 0.5) is 8.78 Å². The Kier molecular flexibility index (Phi) is 4.01. The zero-order valence-electron chi connectivity index (χ0n) is 10.9. The zero-order chi connectivity index (χ0) is 14.8. The SMILES string of the molecule is Fc1ccc(F)c(Cn2ccnc2-c2cccc(I)c2)c1. The molecule has 21 heavy (non-hydrogen) atoms. The molecule has 0 saturated carbocycles. The Balaban J connectivity index is 1.98. The highest BCUT2D eigenvalue weighted by Crippen LogP contribution is 2.21. The minimum absolute atomic E-state index is 0.240. The number of imidazole rings is 1. The van der Waals surface area contributed by atoms with E-state index in [1.54, 1.807) is 12.4 Å². The highest BCUT2D eigenvalue weighted by atomic mass is 127. The number of rotatable bonds is 3. The van der Waals surface area contributed by atoms with E-state index in [0.29, 0.717) is 5.56 Å². The maximum atomic E-state index is 13.8. The van der Waals surface area contributed by atoms with Gasteiger partial charge in [0.15, 0.2) is 0 Å². The zero-order valence-corrected chi connectivity index (χ0v) is 13.1. The average Bonchev–Trinajstić information content (AvgIpc) is 2.91. The predicted molar refractivity (Wildman–Crippen MR) is 85.8 cm³/mol. The van der Waals surface area contributed by atoms with Gasteiger partial charge in [0.2, 0.25) is 0 Å². The summed E-state index contributed by atoms with van der Waals surface area (Å²) in [4.78, 5) is 4.32. The van der Waals surface area contributed by atoms with E-state index in [2.05, 4.69) is 27.6 Å². The quantitative estimate of drug-likeness (QED) is 0.597. The highest BCUT2D eigenvalue weighted by molar-refractivity contribution is 14.1. The Morgan fingerprint density at radius 2 is 1.95 bits per heavy atom. The first-order valence-electron chi connectivity index (χ1n) is 6.34. The minimum atomic E-state index is -0.442. The Bertz CT molecular complexity index is 783. The van der Waals surface area contributed by atoms with Crippen molar-refractivity contribution in [3.05, 3.63) is 75.6 Å². The first-order chi connectivity index (χ1) is 10.1. The van der Waals surface area contributed by atoms with Crippen LogP contribution < -0.4 is 0 Å². The molecule has 3 aromatic rings. The lowest BCUT2D eigenvalue weighted by Crippen LogP contribution is -2.03. The minimum Gasteiger partial charge on any atom is -0.326 e. The summed E-state index contributed by atoms with van der Waals surface area (Å²) in [6.45, 7) is 0.240. The van der Waals surface area contributed by atoms with Crippen LogP contribution >= 0.6 is 22.6 Å². The summed E-state index contributed by atoms with van der Waals surface area (Å²) in [6, 6.07) is 11.4. The Morgan fingerprint density at radius 1 is 1.10 bits per heavy atom. The van der Waals surface area contributed by atoms with Crippen molar-refractivity contribution in [2.75, 3.05) is 0 Å². The molecule has 5 heteroatoms. The largest absolute Gasteiger partial charge is 0.326 e. The third kappa shape index (κ3) is 3.12. The lowest BCUT2D eigenvalue weighted by molar-refractivity contribution is 0.577. The number of benzene rings is 2. The maximum absolute atomic E-state index is 13.8. The molecule has 0 aliphatic rings. The predicted octanol–water partition coefficient (Wildman–Crippen LogP) is 4.48.